The molecule has 21 heavy (non-hydrogen) atoms. The van der Waals surface area contributed by atoms with Crippen LogP contribution in [0.2, 0.25) is 0 Å². The minimum absolute atomic E-state index is 0.0616. The fourth-order valence-electron chi connectivity index (χ4n) is 2.21. The molecular weight excluding hydrogens is 271 g/mol. The number of nitrogens with zero attached hydrogens (tertiary/aromatic N) is 2. The molecule has 1 aliphatic carbocycles. The Labute approximate surface area is 122 Å². The lowest BCUT2D eigenvalue weighted by Crippen LogP contribution is -2.10. The first-order valence-corrected chi connectivity index (χ1v) is 6.36. The lowest BCUT2D eigenvalue weighted by atomic mass is 10.0. The van der Waals surface area contributed by atoms with Crippen molar-refractivity contribution in [1.29, 1.82) is 5.26 Å². The van der Waals surface area contributed by atoms with E-state index in [1.807, 2.05) is 6.07 Å². The van der Waals surface area contributed by atoms with Crippen molar-refractivity contribution < 1.29 is 13.9 Å². The van der Waals surface area contributed by atoms with Gasteiger partial charge in [-0.1, -0.05) is 0 Å². The second-order valence-electron chi connectivity index (χ2n) is 4.98. The zero-order valence-electron chi connectivity index (χ0n) is 12.1. The fraction of sp³-hybridized carbons (Fsp3) is 0.250. The molecule has 0 fully saturated rings. The molecule has 5 heteroatoms. The largest absolute Gasteiger partial charge is 0.494 e. The van der Waals surface area contributed by atoms with Crippen LogP contribution >= 0.6 is 0 Å². The maximum atomic E-state index is 13.7. The number of methoxy groups -OCH3 is 1. The Kier molecular flexibility index (Phi) is 4.08. The number of ketones is 1. The maximum absolute atomic E-state index is 13.7. The molecule has 2 rings (SSSR count). The summed E-state index contributed by atoms with van der Waals surface area (Å²) in [6.45, 7) is 0. The molecule has 1 aromatic rings. The summed E-state index contributed by atoms with van der Waals surface area (Å²) in [7, 11) is 4.87. The van der Waals surface area contributed by atoms with Gasteiger partial charge in [0.05, 0.1) is 7.11 Å². The fourth-order valence-corrected chi connectivity index (χ4v) is 2.21. The Morgan fingerprint density at radius 3 is 2.76 bits per heavy atom. The van der Waals surface area contributed by atoms with E-state index in [0.29, 0.717) is 12.0 Å². The average Bonchev–Trinajstić information content (AvgIpc) is 2.85. The van der Waals surface area contributed by atoms with Crippen LogP contribution in [0.4, 0.5) is 4.39 Å². The summed E-state index contributed by atoms with van der Waals surface area (Å²) in [4.78, 5) is 13.9. The summed E-state index contributed by atoms with van der Waals surface area (Å²) in [5, 5.41) is 9.08. The zero-order valence-corrected chi connectivity index (χ0v) is 12.1. The molecule has 0 aromatic heterocycles. The number of nitriles is 1. The number of Topliss-reactive ketones (excluding diaryl/α,β-unsaturated/α-hetero) is 1. The topological polar surface area (TPSA) is 53.3 Å². The summed E-state index contributed by atoms with van der Waals surface area (Å²) in [6.07, 6.45) is 3.48. The van der Waals surface area contributed by atoms with Gasteiger partial charge in [-0.25, -0.2) is 4.39 Å². The van der Waals surface area contributed by atoms with Gasteiger partial charge in [0.2, 0.25) is 5.78 Å². The van der Waals surface area contributed by atoms with Crippen LogP contribution in [0.1, 0.15) is 11.1 Å². The molecule has 0 unspecified atom stereocenters. The standard InChI is InChI=1S/C16H15FN2O2/c1-19(2)9-13(8-18)16(20)12-4-10-6-14(17)15(21-3)7-11(10)5-12/h5-7,9H,4H2,1-3H3. The van der Waals surface area contributed by atoms with Crippen LogP contribution in [0.3, 0.4) is 0 Å². The van der Waals surface area contributed by atoms with Crippen molar-refractivity contribution in [3.05, 3.63) is 46.4 Å². The van der Waals surface area contributed by atoms with E-state index in [1.54, 1.807) is 31.1 Å². The molecule has 0 bridgehead atoms. The Bertz CT molecular complexity index is 697. The van der Waals surface area contributed by atoms with E-state index in [0.717, 1.165) is 11.1 Å². The highest BCUT2D eigenvalue weighted by Crippen LogP contribution is 2.31. The molecule has 0 aliphatic heterocycles. The van der Waals surface area contributed by atoms with Crippen molar-refractivity contribution in [3.63, 3.8) is 0 Å². The number of carbonyl (C=O) groups is 1. The van der Waals surface area contributed by atoms with Crippen molar-refractivity contribution in [2.75, 3.05) is 21.2 Å². The molecule has 108 valence electrons. The molecule has 0 radical (unpaired) electrons. The van der Waals surface area contributed by atoms with E-state index in [4.69, 9.17) is 10.00 Å². The number of hydrogen-bond acceptors (Lipinski definition) is 4. The summed E-state index contributed by atoms with van der Waals surface area (Å²) in [5.41, 5.74) is 2.01. The van der Waals surface area contributed by atoms with Crippen LogP contribution in [0.25, 0.3) is 6.08 Å². The Balaban J connectivity index is 2.33. The summed E-state index contributed by atoms with van der Waals surface area (Å²) < 4.78 is 18.6. The zero-order chi connectivity index (χ0) is 15.6. The molecular formula is C16H15FN2O2. The smallest absolute Gasteiger partial charge is 0.201 e. The molecule has 0 atom stereocenters. The highest BCUT2D eigenvalue weighted by Gasteiger charge is 2.23. The lowest BCUT2D eigenvalue weighted by molar-refractivity contribution is -0.111. The van der Waals surface area contributed by atoms with Crippen molar-refractivity contribution in [1.82, 2.24) is 4.90 Å². The normalized spacial score (nSPS) is 13.3. The van der Waals surface area contributed by atoms with E-state index in [1.165, 1.54) is 19.4 Å². The third-order valence-electron chi connectivity index (χ3n) is 3.17. The molecule has 0 amide bonds. The van der Waals surface area contributed by atoms with Crippen LogP contribution in [0, 0.1) is 17.1 Å². The van der Waals surface area contributed by atoms with Crippen LogP contribution in [-0.4, -0.2) is 31.9 Å². The van der Waals surface area contributed by atoms with Crippen molar-refractivity contribution in [3.8, 4) is 11.8 Å². The third-order valence-corrected chi connectivity index (χ3v) is 3.17. The molecule has 0 spiro atoms. The number of rotatable bonds is 4. The number of allylic oxidation sites excluding steroid dienone is 2. The van der Waals surface area contributed by atoms with Crippen molar-refractivity contribution in [2.45, 2.75) is 6.42 Å². The predicted octanol–water partition coefficient (Wildman–Crippen LogP) is 2.31. The van der Waals surface area contributed by atoms with Gasteiger partial charge in [-0.05, 0) is 29.3 Å². The van der Waals surface area contributed by atoms with Gasteiger partial charge < -0.3 is 9.64 Å². The SMILES string of the molecule is COc1cc2c(cc1F)CC(C(=O)C(C#N)=CN(C)C)=C2. The van der Waals surface area contributed by atoms with Gasteiger partial charge in [-0.3, -0.25) is 4.79 Å². The molecule has 0 saturated heterocycles. The Morgan fingerprint density at radius 2 is 2.19 bits per heavy atom. The molecule has 0 heterocycles. The third kappa shape index (κ3) is 2.95. The second-order valence-corrected chi connectivity index (χ2v) is 4.98. The first-order valence-electron chi connectivity index (χ1n) is 6.36. The number of hydrogen-bond donors (Lipinski definition) is 0. The quantitative estimate of drug-likeness (QED) is 0.629. The highest BCUT2D eigenvalue weighted by molar-refractivity contribution is 6.14. The van der Waals surface area contributed by atoms with Crippen LogP contribution in [0.15, 0.2) is 29.5 Å². The number of fused-ring (bicyclic) bond motifs is 1. The van der Waals surface area contributed by atoms with Gasteiger partial charge in [0.15, 0.2) is 11.6 Å². The minimum atomic E-state index is -0.456. The molecule has 0 saturated carbocycles. The van der Waals surface area contributed by atoms with Gasteiger partial charge in [0, 0.05) is 32.3 Å². The molecule has 4 nitrogen and oxygen atoms in total. The second kappa shape index (κ2) is 5.80. The Hall–Kier alpha value is -2.61. The van der Waals surface area contributed by atoms with Crippen LogP contribution < -0.4 is 4.74 Å². The minimum Gasteiger partial charge on any atom is -0.494 e. The highest BCUT2D eigenvalue weighted by atomic mass is 19.1. The number of halogens is 1. The number of carbonyl (C=O) groups excluding carboxylic acids is 1. The number of benzene rings is 1. The number of ether oxygens (including phenoxy) is 1. The molecule has 1 aromatic carbocycles. The monoisotopic (exact) mass is 286 g/mol. The van der Waals surface area contributed by atoms with Crippen LogP contribution in [-0.2, 0) is 11.2 Å². The molecule has 1 aliphatic rings. The van der Waals surface area contributed by atoms with Gasteiger partial charge >= 0.3 is 0 Å². The van der Waals surface area contributed by atoms with E-state index < -0.39 is 5.82 Å². The first kappa shape index (κ1) is 14.8. The predicted molar refractivity (Wildman–Crippen MR) is 77.0 cm³/mol. The van der Waals surface area contributed by atoms with Crippen molar-refractivity contribution >= 4 is 11.9 Å². The van der Waals surface area contributed by atoms with Gasteiger partial charge in [0.1, 0.15) is 11.6 Å². The van der Waals surface area contributed by atoms with E-state index in [-0.39, 0.29) is 17.1 Å². The van der Waals surface area contributed by atoms with Crippen LogP contribution in [0.5, 0.6) is 5.75 Å². The van der Waals surface area contributed by atoms with E-state index in [2.05, 4.69) is 0 Å². The van der Waals surface area contributed by atoms with Gasteiger partial charge in [-0.2, -0.15) is 5.26 Å². The van der Waals surface area contributed by atoms with Crippen molar-refractivity contribution in [2.24, 2.45) is 0 Å². The maximum Gasteiger partial charge on any atom is 0.201 e. The average molecular weight is 286 g/mol. The Morgan fingerprint density at radius 1 is 1.48 bits per heavy atom. The van der Waals surface area contributed by atoms with Gasteiger partial charge in [0.25, 0.3) is 0 Å². The molecule has 0 N–H and O–H groups in total. The van der Waals surface area contributed by atoms with Gasteiger partial charge in [-0.15, -0.1) is 0 Å². The lowest BCUT2D eigenvalue weighted by Gasteiger charge is -2.06. The first-order chi connectivity index (χ1) is 9.96. The summed E-state index contributed by atoms with van der Waals surface area (Å²) >= 11 is 0. The summed E-state index contributed by atoms with van der Waals surface area (Å²) in [5.74, 6) is -0.646. The summed E-state index contributed by atoms with van der Waals surface area (Å²) in [6, 6.07) is 4.83. The van der Waals surface area contributed by atoms with E-state index >= 15 is 0 Å². The van der Waals surface area contributed by atoms with E-state index in [9.17, 15) is 9.18 Å².